The minimum atomic E-state index is -0.609. The van der Waals surface area contributed by atoms with Crippen LogP contribution in [0.1, 0.15) is 23.1 Å². The summed E-state index contributed by atoms with van der Waals surface area (Å²) in [5, 5.41) is 9.97. The number of aromatic hydroxyl groups is 1. The van der Waals surface area contributed by atoms with Crippen LogP contribution in [0, 0.1) is 6.92 Å². The Kier molecular flexibility index (Phi) is 3.33. The molecule has 0 saturated heterocycles. The van der Waals surface area contributed by atoms with Crippen molar-refractivity contribution in [3.63, 3.8) is 0 Å². The van der Waals surface area contributed by atoms with Gasteiger partial charge in [0, 0.05) is 4.88 Å². The van der Waals surface area contributed by atoms with Gasteiger partial charge in [-0.3, -0.25) is 14.3 Å². The van der Waals surface area contributed by atoms with E-state index in [1.165, 1.54) is 11.3 Å². The van der Waals surface area contributed by atoms with Gasteiger partial charge >= 0.3 is 5.69 Å². The van der Waals surface area contributed by atoms with Gasteiger partial charge in [0.05, 0.1) is 23.3 Å². The summed E-state index contributed by atoms with van der Waals surface area (Å²) < 4.78 is 1.15. The largest absolute Gasteiger partial charge is 0.494 e. The van der Waals surface area contributed by atoms with E-state index in [2.05, 4.69) is 9.97 Å². The third-order valence-corrected chi connectivity index (χ3v) is 3.69. The second-order valence-corrected chi connectivity index (χ2v) is 4.80. The number of hydrogen-bond donors (Lipinski definition) is 2. The molecule has 0 spiro atoms. The van der Waals surface area contributed by atoms with Gasteiger partial charge in [-0.2, -0.15) is 0 Å². The molecule has 0 atom stereocenters. The molecule has 2 aromatic heterocycles. The molecule has 0 unspecified atom stereocenters. The Labute approximate surface area is 107 Å². The number of hydrogen-bond acceptors (Lipinski definition) is 5. The van der Waals surface area contributed by atoms with E-state index in [4.69, 9.17) is 0 Å². The van der Waals surface area contributed by atoms with Crippen molar-refractivity contribution in [2.24, 2.45) is 0 Å². The van der Waals surface area contributed by atoms with E-state index in [0.717, 1.165) is 15.1 Å². The Morgan fingerprint density at radius 1 is 1.50 bits per heavy atom. The molecule has 0 aliphatic rings. The van der Waals surface area contributed by atoms with Crippen LogP contribution in [0.4, 0.5) is 0 Å². The van der Waals surface area contributed by atoms with E-state index >= 15 is 0 Å². The van der Waals surface area contributed by atoms with Crippen LogP contribution < -0.4 is 11.2 Å². The van der Waals surface area contributed by atoms with Crippen LogP contribution in [-0.4, -0.2) is 19.6 Å². The Hall–Kier alpha value is -1.89. The summed E-state index contributed by atoms with van der Waals surface area (Å²) in [6.07, 6.45) is 0.364. The fourth-order valence-corrected chi connectivity index (χ4v) is 2.45. The van der Waals surface area contributed by atoms with E-state index < -0.39 is 11.2 Å². The summed E-state index contributed by atoms with van der Waals surface area (Å²) in [5.41, 5.74) is 1.58. The SMILES string of the molecule is CCc1c(O)n(Cc2scnc2C)c(=O)[nH]c1=O. The number of rotatable bonds is 3. The lowest BCUT2D eigenvalue weighted by Crippen LogP contribution is -2.32. The highest BCUT2D eigenvalue weighted by Gasteiger charge is 2.14. The van der Waals surface area contributed by atoms with E-state index in [9.17, 15) is 14.7 Å². The maximum absolute atomic E-state index is 11.7. The van der Waals surface area contributed by atoms with Gasteiger partial charge in [0.2, 0.25) is 5.88 Å². The van der Waals surface area contributed by atoms with Gasteiger partial charge in [0.15, 0.2) is 0 Å². The summed E-state index contributed by atoms with van der Waals surface area (Å²) in [5.74, 6) is -0.265. The summed E-state index contributed by atoms with van der Waals surface area (Å²) in [7, 11) is 0. The molecule has 96 valence electrons. The zero-order chi connectivity index (χ0) is 13.3. The molecule has 2 aromatic rings. The van der Waals surface area contributed by atoms with Crippen molar-refractivity contribution in [3.05, 3.63) is 42.5 Å². The molecule has 0 fully saturated rings. The maximum atomic E-state index is 11.7. The Balaban J connectivity index is 2.55. The number of nitrogens with zero attached hydrogens (tertiary/aromatic N) is 2. The molecule has 2 heterocycles. The summed E-state index contributed by atoms with van der Waals surface area (Å²) in [6.45, 7) is 3.79. The Bertz CT molecular complexity index is 684. The molecule has 0 aliphatic heterocycles. The van der Waals surface area contributed by atoms with E-state index in [0.29, 0.717) is 6.42 Å². The molecule has 0 aromatic carbocycles. The molecular weight excluding hydrogens is 254 g/mol. The number of H-pyrrole nitrogens is 1. The second kappa shape index (κ2) is 4.77. The highest BCUT2D eigenvalue weighted by molar-refractivity contribution is 7.09. The predicted molar refractivity (Wildman–Crippen MR) is 68.3 cm³/mol. The van der Waals surface area contributed by atoms with Crippen molar-refractivity contribution in [1.82, 2.24) is 14.5 Å². The molecule has 7 heteroatoms. The Morgan fingerprint density at radius 3 is 2.78 bits per heavy atom. The first kappa shape index (κ1) is 12.6. The predicted octanol–water partition coefficient (Wildman–Crippen LogP) is 0.618. The molecule has 18 heavy (non-hydrogen) atoms. The standard InChI is InChI=1S/C11H13N3O3S/c1-3-7-9(15)13-11(17)14(10(7)16)4-8-6(2)12-5-18-8/h5,16H,3-4H2,1-2H3,(H,13,15,17). The average molecular weight is 267 g/mol. The first-order valence-corrected chi connectivity index (χ1v) is 6.36. The number of aryl methyl sites for hydroxylation is 1. The van der Waals surface area contributed by atoms with E-state index in [1.807, 2.05) is 6.92 Å². The number of nitrogens with one attached hydrogen (secondary N) is 1. The summed E-state index contributed by atoms with van der Waals surface area (Å²) >= 11 is 1.41. The van der Waals surface area contributed by atoms with Crippen LogP contribution in [-0.2, 0) is 13.0 Å². The van der Waals surface area contributed by atoms with Crippen LogP contribution in [0.15, 0.2) is 15.1 Å². The third kappa shape index (κ3) is 2.08. The van der Waals surface area contributed by atoms with Crippen molar-refractivity contribution in [1.29, 1.82) is 0 Å². The van der Waals surface area contributed by atoms with Gasteiger partial charge < -0.3 is 5.11 Å². The topological polar surface area (TPSA) is 88.0 Å². The van der Waals surface area contributed by atoms with Crippen molar-refractivity contribution in [2.75, 3.05) is 0 Å². The fraction of sp³-hybridized carbons (Fsp3) is 0.364. The molecule has 0 aliphatic carbocycles. The van der Waals surface area contributed by atoms with Gasteiger partial charge in [-0.15, -0.1) is 11.3 Å². The van der Waals surface area contributed by atoms with Crippen LogP contribution >= 0.6 is 11.3 Å². The first-order valence-electron chi connectivity index (χ1n) is 5.48. The van der Waals surface area contributed by atoms with Gasteiger partial charge in [0.1, 0.15) is 0 Å². The third-order valence-electron chi connectivity index (χ3n) is 2.77. The monoisotopic (exact) mass is 267 g/mol. The lowest BCUT2D eigenvalue weighted by molar-refractivity contribution is 0.402. The highest BCUT2D eigenvalue weighted by Crippen LogP contribution is 2.17. The molecule has 0 radical (unpaired) electrons. The van der Waals surface area contributed by atoms with Crippen LogP contribution in [0.25, 0.3) is 0 Å². The van der Waals surface area contributed by atoms with Gasteiger partial charge in [-0.25, -0.2) is 9.78 Å². The van der Waals surface area contributed by atoms with Crippen LogP contribution in [0.5, 0.6) is 5.88 Å². The number of aromatic amines is 1. The quantitative estimate of drug-likeness (QED) is 0.853. The second-order valence-electron chi connectivity index (χ2n) is 3.86. The zero-order valence-electron chi connectivity index (χ0n) is 10.1. The molecule has 2 N–H and O–H groups in total. The van der Waals surface area contributed by atoms with Crippen molar-refractivity contribution < 1.29 is 5.11 Å². The number of thiazole rings is 1. The van der Waals surface area contributed by atoms with Crippen molar-refractivity contribution in [3.8, 4) is 5.88 Å². The lowest BCUT2D eigenvalue weighted by atomic mass is 10.2. The van der Waals surface area contributed by atoms with Crippen molar-refractivity contribution >= 4 is 11.3 Å². The minimum Gasteiger partial charge on any atom is -0.494 e. The zero-order valence-corrected chi connectivity index (χ0v) is 10.9. The van der Waals surface area contributed by atoms with Crippen LogP contribution in [0.3, 0.4) is 0 Å². The molecule has 0 saturated carbocycles. The average Bonchev–Trinajstić information content (AvgIpc) is 2.70. The maximum Gasteiger partial charge on any atom is 0.331 e. The summed E-state index contributed by atoms with van der Waals surface area (Å²) in [6, 6.07) is 0. The molecule has 0 bridgehead atoms. The Morgan fingerprint density at radius 2 is 2.22 bits per heavy atom. The number of aromatic nitrogens is 3. The van der Waals surface area contributed by atoms with Gasteiger partial charge in [0.25, 0.3) is 5.56 Å². The smallest absolute Gasteiger partial charge is 0.331 e. The van der Waals surface area contributed by atoms with Crippen LogP contribution in [0.2, 0.25) is 0 Å². The molecule has 6 nitrogen and oxygen atoms in total. The molecule has 0 amide bonds. The fourth-order valence-electron chi connectivity index (χ4n) is 1.69. The molecule has 2 rings (SSSR count). The summed E-state index contributed by atoms with van der Waals surface area (Å²) in [4.78, 5) is 30.3. The molecular formula is C11H13N3O3S. The lowest BCUT2D eigenvalue weighted by Gasteiger charge is -2.09. The van der Waals surface area contributed by atoms with E-state index in [1.54, 1.807) is 12.4 Å². The van der Waals surface area contributed by atoms with Gasteiger partial charge in [-0.05, 0) is 13.3 Å². The first-order chi connectivity index (χ1) is 8.54. The van der Waals surface area contributed by atoms with Gasteiger partial charge in [-0.1, -0.05) is 6.92 Å². The minimum absolute atomic E-state index is 0.213. The van der Waals surface area contributed by atoms with E-state index in [-0.39, 0.29) is 18.0 Å². The highest BCUT2D eigenvalue weighted by atomic mass is 32.1. The normalized spacial score (nSPS) is 10.8. The van der Waals surface area contributed by atoms with Crippen molar-refractivity contribution in [2.45, 2.75) is 26.8 Å².